The predicted molar refractivity (Wildman–Crippen MR) is 128 cm³/mol. The molecule has 3 aromatic rings. The molecule has 0 atom stereocenters. The second kappa shape index (κ2) is 10.5. The number of piperazine rings is 1. The number of nitrogens with zero attached hydrogens (tertiary/aromatic N) is 2. The highest BCUT2D eigenvalue weighted by Gasteiger charge is 2.30. The van der Waals surface area contributed by atoms with Crippen LogP contribution in [0.5, 0.6) is 0 Å². The number of aryl methyl sites for hydroxylation is 1. The van der Waals surface area contributed by atoms with Crippen molar-refractivity contribution in [2.45, 2.75) is 19.6 Å². The zero-order chi connectivity index (χ0) is 25.9. The molecule has 0 aromatic heterocycles. The third kappa shape index (κ3) is 5.91. The molecule has 1 N–H and O–H groups in total. The molecule has 0 spiro atoms. The zero-order valence-corrected chi connectivity index (χ0v) is 19.6. The number of carbonyl (C=O) groups excluding carboxylic acids is 2. The van der Waals surface area contributed by atoms with Crippen LogP contribution in [-0.4, -0.2) is 47.8 Å². The normalized spacial score (nSPS) is 14.5. The van der Waals surface area contributed by atoms with E-state index in [4.69, 9.17) is 0 Å². The van der Waals surface area contributed by atoms with Crippen molar-refractivity contribution in [1.82, 2.24) is 9.80 Å². The van der Waals surface area contributed by atoms with Gasteiger partial charge in [-0.25, -0.2) is 4.39 Å². The number of hydrogen-bond acceptors (Lipinski definition) is 3. The lowest BCUT2D eigenvalue weighted by Gasteiger charge is -2.35. The van der Waals surface area contributed by atoms with Crippen LogP contribution in [0.3, 0.4) is 0 Å². The predicted octanol–water partition coefficient (Wildman–Crippen LogP) is 5.36. The number of amides is 2. The number of halogens is 4. The average Bonchev–Trinajstić information content (AvgIpc) is 2.85. The molecule has 1 saturated heterocycles. The maximum Gasteiger partial charge on any atom is 0.416 e. The van der Waals surface area contributed by atoms with Gasteiger partial charge >= 0.3 is 6.18 Å². The van der Waals surface area contributed by atoms with Crippen molar-refractivity contribution in [3.05, 3.63) is 100 Å². The van der Waals surface area contributed by atoms with Crippen molar-refractivity contribution in [1.29, 1.82) is 0 Å². The fourth-order valence-electron chi connectivity index (χ4n) is 4.07. The van der Waals surface area contributed by atoms with Crippen LogP contribution >= 0.6 is 0 Å². The Kier molecular flexibility index (Phi) is 7.40. The highest BCUT2D eigenvalue weighted by Crippen LogP contribution is 2.29. The minimum atomic E-state index is -4.36. The molecule has 2 amide bonds. The first-order chi connectivity index (χ1) is 17.1. The van der Waals surface area contributed by atoms with Crippen LogP contribution in [0, 0.1) is 12.7 Å². The lowest BCUT2D eigenvalue weighted by atomic mass is 10.1. The first-order valence-electron chi connectivity index (χ1n) is 11.5. The van der Waals surface area contributed by atoms with Gasteiger partial charge < -0.3 is 10.2 Å². The highest BCUT2D eigenvalue weighted by molar-refractivity contribution is 6.05. The molecule has 5 nitrogen and oxygen atoms in total. The van der Waals surface area contributed by atoms with Gasteiger partial charge in [-0.15, -0.1) is 0 Å². The molecule has 9 heteroatoms. The van der Waals surface area contributed by atoms with Crippen molar-refractivity contribution in [2.24, 2.45) is 0 Å². The van der Waals surface area contributed by atoms with E-state index in [9.17, 15) is 27.2 Å². The first kappa shape index (κ1) is 25.4. The van der Waals surface area contributed by atoms with E-state index in [1.54, 1.807) is 36.1 Å². The van der Waals surface area contributed by atoms with Gasteiger partial charge in [0.2, 0.25) is 0 Å². The quantitative estimate of drug-likeness (QED) is 0.481. The Morgan fingerprint density at radius 1 is 0.917 bits per heavy atom. The summed E-state index contributed by atoms with van der Waals surface area (Å²) in [6, 6.07) is 15.8. The first-order valence-corrected chi connectivity index (χ1v) is 11.5. The number of anilines is 1. The minimum absolute atomic E-state index is 0.0854. The van der Waals surface area contributed by atoms with E-state index < -0.39 is 23.5 Å². The molecule has 0 aliphatic carbocycles. The summed E-state index contributed by atoms with van der Waals surface area (Å²) < 4.78 is 52.2. The van der Waals surface area contributed by atoms with E-state index in [2.05, 4.69) is 10.2 Å². The summed E-state index contributed by atoms with van der Waals surface area (Å²) in [5.74, 6) is -1.42. The van der Waals surface area contributed by atoms with E-state index in [1.165, 1.54) is 30.3 Å². The molecule has 1 fully saturated rings. The van der Waals surface area contributed by atoms with Gasteiger partial charge in [0.05, 0.1) is 11.1 Å². The highest BCUT2D eigenvalue weighted by atomic mass is 19.4. The summed E-state index contributed by atoms with van der Waals surface area (Å²) in [5.41, 5.74) is 1.58. The Bertz CT molecular complexity index is 1250. The number of alkyl halides is 3. The Labute approximate surface area is 206 Å². The van der Waals surface area contributed by atoms with Crippen molar-refractivity contribution < 1.29 is 27.2 Å². The molecule has 0 bridgehead atoms. The van der Waals surface area contributed by atoms with Crippen LogP contribution in [0.1, 0.15) is 37.4 Å². The maximum absolute atomic E-state index is 14.0. The summed E-state index contributed by atoms with van der Waals surface area (Å²) in [6.07, 6.45) is -4.36. The van der Waals surface area contributed by atoms with Crippen molar-refractivity contribution in [2.75, 3.05) is 31.5 Å². The van der Waals surface area contributed by atoms with Crippen LogP contribution in [0.15, 0.2) is 66.7 Å². The Hall–Kier alpha value is -3.72. The average molecular weight is 500 g/mol. The van der Waals surface area contributed by atoms with Gasteiger partial charge in [-0.1, -0.05) is 30.3 Å². The topological polar surface area (TPSA) is 52.7 Å². The molecule has 3 aromatic carbocycles. The Morgan fingerprint density at radius 2 is 1.58 bits per heavy atom. The Balaban J connectivity index is 1.36. The van der Waals surface area contributed by atoms with Gasteiger partial charge in [-0.3, -0.25) is 14.5 Å². The monoisotopic (exact) mass is 499 g/mol. The number of hydrogen-bond donors (Lipinski definition) is 1. The molecule has 0 radical (unpaired) electrons. The lowest BCUT2D eigenvalue weighted by molar-refractivity contribution is -0.137. The molecular formula is C27H25F4N3O2. The minimum Gasteiger partial charge on any atom is -0.336 e. The fourth-order valence-corrected chi connectivity index (χ4v) is 4.07. The second-order valence-corrected chi connectivity index (χ2v) is 8.73. The maximum atomic E-state index is 14.0. The number of benzene rings is 3. The number of nitrogens with one attached hydrogen (secondary N) is 1. The SMILES string of the molecule is Cc1ccc(C(=O)N2CCN(Cc3ccc(C(F)(F)F)cc3)CC2)cc1NC(=O)c1ccccc1F. The van der Waals surface area contributed by atoms with Crippen molar-refractivity contribution >= 4 is 17.5 Å². The van der Waals surface area contributed by atoms with E-state index in [0.717, 1.165) is 23.3 Å². The molecule has 1 aliphatic rings. The van der Waals surface area contributed by atoms with Crippen LogP contribution in [0.2, 0.25) is 0 Å². The number of rotatable bonds is 5. The summed E-state index contributed by atoms with van der Waals surface area (Å²) in [5, 5.41) is 2.68. The van der Waals surface area contributed by atoms with Crippen molar-refractivity contribution in [3.8, 4) is 0 Å². The van der Waals surface area contributed by atoms with E-state index in [1.807, 2.05) is 0 Å². The van der Waals surface area contributed by atoms with Gasteiger partial charge in [0.25, 0.3) is 11.8 Å². The molecule has 36 heavy (non-hydrogen) atoms. The van der Waals surface area contributed by atoms with Gasteiger partial charge in [-0.2, -0.15) is 13.2 Å². The van der Waals surface area contributed by atoms with Crippen LogP contribution in [-0.2, 0) is 12.7 Å². The lowest BCUT2D eigenvalue weighted by Crippen LogP contribution is -2.48. The zero-order valence-electron chi connectivity index (χ0n) is 19.6. The summed E-state index contributed by atoms with van der Waals surface area (Å²) in [4.78, 5) is 29.4. The summed E-state index contributed by atoms with van der Waals surface area (Å²) >= 11 is 0. The van der Waals surface area contributed by atoms with Crippen molar-refractivity contribution in [3.63, 3.8) is 0 Å². The van der Waals surface area contributed by atoms with E-state index in [0.29, 0.717) is 44.0 Å². The molecule has 1 heterocycles. The van der Waals surface area contributed by atoms with Gasteiger partial charge in [0, 0.05) is 44.0 Å². The molecule has 4 rings (SSSR count). The second-order valence-electron chi connectivity index (χ2n) is 8.73. The van der Waals surface area contributed by atoms with E-state index >= 15 is 0 Å². The third-order valence-corrected chi connectivity index (χ3v) is 6.20. The molecule has 1 aliphatic heterocycles. The van der Waals surface area contributed by atoms with Gasteiger partial charge in [0.1, 0.15) is 5.82 Å². The largest absolute Gasteiger partial charge is 0.416 e. The summed E-state index contributed by atoms with van der Waals surface area (Å²) in [7, 11) is 0. The molecule has 0 saturated carbocycles. The summed E-state index contributed by atoms with van der Waals surface area (Å²) in [6.45, 7) is 4.36. The van der Waals surface area contributed by atoms with Crippen LogP contribution < -0.4 is 5.32 Å². The van der Waals surface area contributed by atoms with E-state index in [-0.39, 0.29) is 11.5 Å². The molecule has 0 unspecified atom stereocenters. The van der Waals surface area contributed by atoms with Crippen LogP contribution in [0.4, 0.5) is 23.2 Å². The standard InChI is InChI=1S/C27H25F4N3O2/c1-18-6-9-20(16-24(18)32-25(35)22-4-2-3-5-23(22)28)26(36)34-14-12-33(13-15-34)17-19-7-10-21(11-8-19)27(29,30)31/h2-11,16H,12-15,17H2,1H3,(H,32,35). The van der Waals surface area contributed by atoms with Gasteiger partial charge in [-0.05, 0) is 54.4 Å². The number of carbonyl (C=O) groups is 2. The van der Waals surface area contributed by atoms with Gasteiger partial charge in [0.15, 0.2) is 0 Å². The third-order valence-electron chi connectivity index (χ3n) is 6.20. The molecular weight excluding hydrogens is 474 g/mol. The smallest absolute Gasteiger partial charge is 0.336 e. The van der Waals surface area contributed by atoms with Crippen LogP contribution in [0.25, 0.3) is 0 Å². The Morgan fingerprint density at radius 3 is 2.22 bits per heavy atom. The fraction of sp³-hybridized carbons (Fsp3) is 0.259. The molecule has 188 valence electrons.